The summed E-state index contributed by atoms with van der Waals surface area (Å²) in [4.78, 5) is 18.1. The normalized spacial score (nSPS) is 16.8. The zero-order valence-electron chi connectivity index (χ0n) is 16.9. The van der Waals surface area contributed by atoms with Crippen molar-refractivity contribution in [2.45, 2.75) is 46.1 Å². The molecule has 0 saturated carbocycles. The van der Waals surface area contributed by atoms with Crippen molar-refractivity contribution in [2.75, 3.05) is 31.6 Å². The molecule has 6 heteroatoms. The number of likely N-dealkylation sites (tertiary alicyclic amines) is 1. The number of carbonyl (C=O) groups is 1. The molecule has 1 aromatic carbocycles. The Morgan fingerprint density at radius 2 is 2.04 bits per heavy atom. The van der Waals surface area contributed by atoms with Gasteiger partial charge in [0.05, 0.1) is 11.6 Å². The van der Waals surface area contributed by atoms with Crippen LogP contribution in [-0.2, 0) is 22.5 Å². The monoisotopic (exact) mass is 401 g/mol. The van der Waals surface area contributed by atoms with Crippen LogP contribution >= 0.6 is 11.3 Å². The summed E-state index contributed by atoms with van der Waals surface area (Å²) in [5.41, 5.74) is 2.41. The summed E-state index contributed by atoms with van der Waals surface area (Å²) in [5, 5.41) is 6.11. The van der Waals surface area contributed by atoms with E-state index in [-0.39, 0.29) is 11.3 Å². The molecule has 1 aliphatic heterocycles. The molecule has 1 amide bonds. The highest BCUT2D eigenvalue weighted by molar-refractivity contribution is 7.09. The molecule has 28 heavy (non-hydrogen) atoms. The molecule has 2 heterocycles. The Balaban J connectivity index is 1.53. The molecule has 0 aliphatic carbocycles. The number of hydrogen-bond acceptors (Lipinski definition) is 5. The molecule has 1 N–H and O–H groups in total. The third-order valence-corrected chi connectivity index (χ3v) is 6.40. The smallest absolute Gasteiger partial charge is 0.221 e. The minimum absolute atomic E-state index is 0.0350. The molecular weight excluding hydrogens is 370 g/mol. The average molecular weight is 402 g/mol. The van der Waals surface area contributed by atoms with Gasteiger partial charge >= 0.3 is 0 Å². The van der Waals surface area contributed by atoms with Gasteiger partial charge in [-0.3, -0.25) is 9.69 Å². The van der Waals surface area contributed by atoms with Crippen LogP contribution in [0.15, 0.2) is 35.8 Å². The van der Waals surface area contributed by atoms with E-state index >= 15 is 0 Å². The van der Waals surface area contributed by atoms with E-state index in [1.54, 1.807) is 11.3 Å². The Kier molecular flexibility index (Phi) is 7.59. The van der Waals surface area contributed by atoms with E-state index in [1.165, 1.54) is 30.3 Å². The van der Waals surface area contributed by atoms with Gasteiger partial charge in [-0.25, -0.2) is 4.98 Å². The molecule has 0 unspecified atom stereocenters. The van der Waals surface area contributed by atoms with Gasteiger partial charge < -0.3 is 10.1 Å². The van der Waals surface area contributed by atoms with Crippen LogP contribution < -0.4 is 5.32 Å². The average Bonchev–Trinajstić information content (AvgIpc) is 3.21. The summed E-state index contributed by atoms with van der Waals surface area (Å²) in [6, 6.07) is 8.17. The maximum Gasteiger partial charge on any atom is 0.221 e. The number of rotatable bonds is 9. The van der Waals surface area contributed by atoms with E-state index in [4.69, 9.17) is 4.74 Å². The Bertz CT molecular complexity index is 723. The summed E-state index contributed by atoms with van der Waals surface area (Å²) in [7, 11) is 0. The Morgan fingerprint density at radius 3 is 2.64 bits per heavy atom. The lowest BCUT2D eigenvalue weighted by molar-refractivity contribution is -0.114. The highest BCUT2D eigenvalue weighted by atomic mass is 32.1. The van der Waals surface area contributed by atoms with Crippen molar-refractivity contribution >= 4 is 22.9 Å². The summed E-state index contributed by atoms with van der Waals surface area (Å²) in [6.45, 7) is 8.39. The first-order chi connectivity index (χ1) is 13.6. The first-order valence-corrected chi connectivity index (χ1v) is 11.0. The maximum absolute atomic E-state index is 11.1. The topological polar surface area (TPSA) is 54.5 Å². The zero-order chi connectivity index (χ0) is 19.8. The summed E-state index contributed by atoms with van der Waals surface area (Å²) < 4.78 is 5.87. The standard InChI is InChI=1S/C22H31N3O2S/c1-3-27-17-22(9-8-21-23-12-15-28-21)10-13-25(14-11-22)16-19-4-6-20(7-5-19)24-18(2)26/h4-7,12,15H,3,8-11,13-14,16-17H2,1-2H3,(H,24,26). The van der Waals surface area contributed by atoms with Crippen LogP contribution in [0.25, 0.3) is 0 Å². The van der Waals surface area contributed by atoms with Gasteiger partial charge in [0.15, 0.2) is 0 Å². The van der Waals surface area contributed by atoms with Gasteiger partial charge in [-0.05, 0) is 68.8 Å². The molecule has 1 aromatic heterocycles. The quantitative estimate of drug-likeness (QED) is 0.679. The van der Waals surface area contributed by atoms with Gasteiger partial charge in [0.25, 0.3) is 0 Å². The van der Waals surface area contributed by atoms with Crippen LogP contribution in [0.1, 0.15) is 43.7 Å². The fraction of sp³-hybridized carbons (Fsp3) is 0.545. The third-order valence-electron chi connectivity index (χ3n) is 5.56. The van der Waals surface area contributed by atoms with Crippen LogP contribution in [-0.4, -0.2) is 42.1 Å². The Morgan fingerprint density at radius 1 is 1.29 bits per heavy atom. The van der Waals surface area contributed by atoms with Gasteiger partial charge in [-0.1, -0.05) is 12.1 Å². The molecule has 0 bridgehead atoms. The van der Waals surface area contributed by atoms with E-state index in [2.05, 4.69) is 39.6 Å². The highest BCUT2D eigenvalue weighted by Gasteiger charge is 2.34. The van der Waals surface area contributed by atoms with Crippen molar-refractivity contribution in [3.05, 3.63) is 46.4 Å². The number of piperidine rings is 1. The van der Waals surface area contributed by atoms with Gasteiger partial charge in [0.1, 0.15) is 0 Å². The number of benzene rings is 1. The number of nitrogens with one attached hydrogen (secondary N) is 1. The third kappa shape index (κ3) is 6.12. The lowest BCUT2D eigenvalue weighted by Crippen LogP contribution is -2.42. The second-order valence-electron chi connectivity index (χ2n) is 7.72. The van der Waals surface area contributed by atoms with Crippen LogP contribution in [0.3, 0.4) is 0 Å². The minimum Gasteiger partial charge on any atom is -0.381 e. The molecule has 1 aliphatic rings. The van der Waals surface area contributed by atoms with Gasteiger partial charge in [0, 0.05) is 37.3 Å². The van der Waals surface area contributed by atoms with Crippen molar-refractivity contribution < 1.29 is 9.53 Å². The molecule has 2 aromatic rings. The van der Waals surface area contributed by atoms with Crippen LogP contribution in [0, 0.1) is 5.41 Å². The number of aryl methyl sites for hydroxylation is 1. The summed E-state index contributed by atoms with van der Waals surface area (Å²) in [6.07, 6.45) is 6.44. The van der Waals surface area contributed by atoms with Crippen LogP contribution in [0.5, 0.6) is 0 Å². The van der Waals surface area contributed by atoms with Gasteiger partial charge in [-0.2, -0.15) is 0 Å². The van der Waals surface area contributed by atoms with Crippen LogP contribution in [0.2, 0.25) is 0 Å². The number of carbonyl (C=O) groups excluding carboxylic acids is 1. The van der Waals surface area contributed by atoms with E-state index in [9.17, 15) is 4.79 Å². The number of anilines is 1. The zero-order valence-corrected chi connectivity index (χ0v) is 17.8. The van der Waals surface area contributed by atoms with Crippen molar-refractivity contribution in [2.24, 2.45) is 5.41 Å². The molecule has 5 nitrogen and oxygen atoms in total. The van der Waals surface area contributed by atoms with Gasteiger partial charge in [0.2, 0.25) is 5.91 Å². The number of aromatic nitrogens is 1. The van der Waals surface area contributed by atoms with Crippen molar-refractivity contribution in [3.63, 3.8) is 0 Å². The van der Waals surface area contributed by atoms with Crippen molar-refractivity contribution in [1.29, 1.82) is 0 Å². The first kappa shape index (κ1) is 21.0. The predicted octanol–water partition coefficient (Wildman–Crippen LogP) is 4.35. The van der Waals surface area contributed by atoms with E-state index in [0.717, 1.165) is 51.4 Å². The Hall–Kier alpha value is -1.76. The number of hydrogen-bond donors (Lipinski definition) is 1. The number of ether oxygens (including phenoxy) is 1. The SMILES string of the molecule is CCOCC1(CCc2nccs2)CCN(Cc2ccc(NC(C)=O)cc2)CC1. The van der Waals surface area contributed by atoms with E-state index in [1.807, 2.05) is 18.3 Å². The lowest BCUT2D eigenvalue weighted by Gasteiger charge is -2.42. The fourth-order valence-electron chi connectivity index (χ4n) is 3.87. The second-order valence-corrected chi connectivity index (χ2v) is 8.70. The van der Waals surface area contributed by atoms with E-state index < -0.39 is 0 Å². The predicted molar refractivity (Wildman–Crippen MR) is 115 cm³/mol. The summed E-state index contributed by atoms with van der Waals surface area (Å²) in [5.74, 6) is -0.0350. The van der Waals surface area contributed by atoms with Crippen LogP contribution in [0.4, 0.5) is 5.69 Å². The number of nitrogens with zero attached hydrogens (tertiary/aromatic N) is 2. The summed E-state index contributed by atoms with van der Waals surface area (Å²) >= 11 is 1.75. The van der Waals surface area contributed by atoms with Gasteiger partial charge in [-0.15, -0.1) is 11.3 Å². The van der Waals surface area contributed by atoms with Crippen molar-refractivity contribution in [3.8, 4) is 0 Å². The molecule has 1 fully saturated rings. The maximum atomic E-state index is 11.1. The molecular formula is C22H31N3O2S. The molecule has 0 spiro atoms. The first-order valence-electron chi connectivity index (χ1n) is 10.1. The fourth-order valence-corrected chi connectivity index (χ4v) is 4.49. The lowest BCUT2D eigenvalue weighted by atomic mass is 9.75. The second kappa shape index (κ2) is 10.1. The van der Waals surface area contributed by atoms with Crippen molar-refractivity contribution in [1.82, 2.24) is 9.88 Å². The number of amides is 1. The molecule has 0 radical (unpaired) electrons. The van der Waals surface area contributed by atoms with E-state index in [0.29, 0.717) is 0 Å². The number of thiazole rings is 1. The largest absolute Gasteiger partial charge is 0.381 e. The molecule has 1 saturated heterocycles. The Labute approximate surface area is 172 Å². The molecule has 3 rings (SSSR count). The molecule has 0 atom stereocenters. The highest BCUT2D eigenvalue weighted by Crippen LogP contribution is 2.37. The molecule has 152 valence electrons. The minimum atomic E-state index is -0.0350.